The largest absolute Gasteiger partial charge is 0.494 e. The van der Waals surface area contributed by atoms with Crippen molar-refractivity contribution in [2.24, 2.45) is 0 Å². The molecule has 0 heterocycles. The lowest BCUT2D eigenvalue weighted by molar-refractivity contribution is -0.137. The first-order chi connectivity index (χ1) is 14.2. The molecule has 30 heavy (non-hydrogen) atoms. The van der Waals surface area contributed by atoms with Crippen molar-refractivity contribution < 1.29 is 31.8 Å². The van der Waals surface area contributed by atoms with Crippen molar-refractivity contribution in [3.8, 4) is 17.2 Å². The SMILES string of the molecule is FC(Br)=CCOc1cc(Cl)c(OCCCCOc2ccc(C(F)(F)F)cc2)cc1Cl. The van der Waals surface area contributed by atoms with Crippen LogP contribution in [-0.4, -0.2) is 19.8 Å². The van der Waals surface area contributed by atoms with Crippen LogP contribution in [0, 0.1) is 0 Å². The highest BCUT2D eigenvalue weighted by Gasteiger charge is 2.29. The van der Waals surface area contributed by atoms with E-state index in [2.05, 4.69) is 15.9 Å². The summed E-state index contributed by atoms with van der Waals surface area (Å²) in [4.78, 5) is 0. The maximum absolute atomic E-state index is 12.6. The van der Waals surface area contributed by atoms with Crippen LogP contribution in [0.4, 0.5) is 17.6 Å². The topological polar surface area (TPSA) is 27.7 Å². The highest BCUT2D eigenvalue weighted by Crippen LogP contribution is 2.36. The Balaban J connectivity index is 1.72. The zero-order valence-corrected chi connectivity index (χ0v) is 18.5. The van der Waals surface area contributed by atoms with Gasteiger partial charge in [-0.2, -0.15) is 17.6 Å². The van der Waals surface area contributed by atoms with E-state index in [1.807, 2.05) is 0 Å². The van der Waals surface area contributed by atoms with Gasteiger partial charge in [0.25, 0.3) is 0 Å². The summed E-state index contributed by atoms with van der Waals surface area (Å²) >= 11 is 14.9. The molecule has 0 unspecified atom stereocenters. The smallest absolute Gasteiger partial charge is 0.416 e. The zero-order valence-electron chi connectivity index (χ0n) is 15.4. The summed E-state index contributed by atoms with van der Waals surface area (Å²) in [5.74, 6) is 1.04. The maximum atomic E-state index is 12.6. The Labute approximate surface area is 189 Å². The van der Waals surface area contributed by atoms with E-state index in [1.54, 1.807) is 0 Å². The monoisotopic (exact) mass is 530 g/mol. The summed E-state index contributed by atoms with van der Waals surface area (Å²) in [5, 5.41) is 0.558. The number of unbranched alkanes of at least 4 members (excludes halogenated alkanes) is 1. The Morgan fingerprint density at radius 2 is 1.43 bits per heavy atom. The summed E-state index contributed by atoms with van der Waals surface area (Å²) in [6.07, 6.45) is -1.94. The Morgan fingerprint density at radius 1 is 0.900 bits per heavy atom. The third kappa shape index (κ3) is 8.24. The van der Waals surface area contributed by atoms with Gasteiger partial charge < -0.3 is 14.2 Å². The molecule has 0 saturated heterocycles. The first-order valence-electron chi connectivity index (χ1n) is 8.72. The van der Waals surface area contributed by atoms with Crippen molar-refractivity contribution in [1.82, 2.24) is 0 Å². The van der Waals surface area contributed by atoms with Crippen molar-refractivity contribution in [3.63, 3.8) is 0 Å². The number of benzene rings is 2. The number of rotatable bonds is 10. The highest BCUT2D eigenvalue weighted by molar-refractivity contribution is 9.11. The third-order valence-electron chi connectivity index (χ3n) is 3.71. The summed E-state index contributed by atoms with van der Waals surface area (Å²) in [6, 6.07) is 7.51. The second-order valence-electron chi connectivity index (χ2n) is 5.94. The summed E-state index contributed by atoms with van der Waals surface area (Å²) in [6.45, 7) is 0.643. The van der Waals surface area contributed by atoms with E-state index in [-0.39, 0.29) is 11.6 Å². The van der Waals surface area contributed by atoms with Crippen LogP contribution in [0.2, 0.25) is 10.0 Å². The van der Waals surface area contributed by atoms with E-state index in [9.17, 15) is 17.6 Å². The fourth-order valence-electron chi connectivity index (χ4n) is 2.24. The number of ether oxygens (including phenoxy) is 3. The molecule has 3 nitrogen and oxygen atoms in total. The molecule has 0 atom stereocenters. The average molecular weight is 532 g/mol. The number of halogens is 7. The molecule has 0 aromatic heterocycles. The van der Waals surface area contributed by atoms with Crippen LogP contribution in [0.25, 0.3) is 0 Å². The molecule has 0 aliphatic carbocycles. The lowest BCUT2D eigenvalue weighted by atomic mass is 10.2. The molecule has 2 aromatic rings. The average Bonchev–Trinajstić information content (AvgIpc) is 2.67. The zero-order chi connectivity index (χ0) is 22.1. The maximum Gasteiger partial charge on any atom is 0.416 e. The van der Waals surface area contributed by atoms with Gasteiger partial charge in [-0.05, 0) is 59.1 Å². The van der Waals surface area contributed by atoms with Gasteiger partial charge >= 0.3 is 6.18 Å². The molecule has 0 aliphatic rings. The van der Waals surface area contributed by atoms with Crippen LogP contribution in [-0.2, 0) is 6.18 Å². The Bertz CT molecular complexity index is 854. The molecule has 10 heteroatoms. The molecule has 0 amide bonds. The van der Waals surface area contributed by atoms with E-state index in [0.29, 0.717) is 48.3 Å². The predicted octanol–water partition coefficient (Wildman–Crippen LogP) is 7.83. The summed E-state index contributed by atoms with van der Waals surface area (Å²) in [7, 11) is 0. The van der Waals surface area contributed by atoms with Gasteiger partial charge in [0.15, 0.2) is 4.74 Å². The van der Waals surface area contributed by atoms with Gasteiger partial charge in [-0.15, -0.1) is 0 Å². The minimum Gasteiger partial charge on any atom is -0.494 e. The fraction of sp³-hybridized carbons (Fsp3) is 0.300. The van der Waals surface area contributed by atoms with Crippen LogP contribution >= 0.6 is 39.1 Å². The molecule has 0 bridgehead atoms. The van der Waals surface area contributed by atoms with Crippen LogP contribution in [0.5, 0.6) is 17.2 Å². The van der Waals surface area contributed by atoms with Crippen molar-refractivity contribution in [2.45, 2.75) is 19.0 Å². The molecule has 2 aromatic carbocycles. The van der Waals surface area contributed by atoms with Gasteiger partial charge in [0, 0.05) is 12.1 Å². The molecule has 0 fully saturated rings. The Kier molecular flexibility index (Phi) is 9.58. The quantitative estimate of drug-likeness (QED) is 0.231. The molecule has 0 N–H and O–H groups in total. The lowest BCUT2D eigenvalue weighted by Crippen LogP contribution is -2.05. The Hall–Kier alpha value is -1.64. The lowest BCUT2D eigenvalue weighted by Gasteiger charge is -2.12. The van der Waals surface area contributed by atoms with Crippen molar-refractivity contribution in [2.75, 3.05) is 19.8 Å². The third-order valence-corrected chi connectivity index (χ3v) is 4.62. The van der Waals surface area contributed by atoms with Crippen LogP contribution in [0.15, 0.2) is 47.2 Å². The van der Waals surface area contributed by atoms with Crippen LogP contribution in [0.1, 0.15) is 18.4 Å². The van der Waals surface area contributed by atoms with Gasteiger partial charge in [0.05, 0.1) is 28.8 Å². The first-order valence-corrected chi connectivity index (χ1v) is 10.3. The molecule has 2 rings (SSSR count). The predicted molar refractivity (Wildman–Crippen MR) is 112 cm³/mol. The summed E-state index contributed by atoms with van der Waals surface area (Å²) < 4.78 is 65.9. The van der Waals surface area contributed by atoms with Gasteiger partial charge in [-0.3, -0.25) is 0 Å². The molecular weight excluding hydrogens is 515 g/mol. The minimum atomic E-state index is -4.37. The van der Waals surface area contributed by atoms with E-state index in [4.69, 9.17) is 37.4 Å². The van der Waals surface area contributed by atoms with E-state index in [1.165, 1.54) is 30.3 Å². The molecule has 0 aliphatic heterocycles. The molecule has 0 spiro atoms. The molecule has 164 valence electrons. The van der Waals surface area contributed by atoms with E-state index in [0.717, 1.165) is 12.1 Å². The van der Waals surface area contributed by atoms with Crippen molar-refractivity contribution >= 4 is 39.1 Å². The number of hydrogen-bond acceptors (Lipinski definition) is 3. The minimum absolute atomic E-state index is 0.0216. The van der Waals surface area contributed by atoms with Crippen molar-refractivity contribution in [3.05, 3.63) is 62.8 Å². The van der Waals surface area contributed by atoms with Gasteiger partial charge in [0.2, 0.25) is 0 Å². The van der Waals surface area contributed by atoms with Gasteiger partial charge in [-0.1, -0.05) is 23.2 Å². The molecular formula is C20H17BrCl2F4O3. The second kappa shape index (κ2) is 11.7. The highest BCUT2D eigenvalue weighted by atomic mass is 79.9. The molecule has 0 radical (unpaired) electrons. The number of alkyl halides is 3. The van der Waals surface area contributed by atoms with Crippen LogP contribution in [0.3, 0.4) is 0 Å². The number of hydrogen-bond donors (Lipinski definition) is 0. The van der Waals surface area contributed by atoms with Crippen LogP contribution < -0.4 is 14.2 Å². The standard InChI is InChI=1S/C20H17BrCl2F4O3/c21-19(24)7-10-30-18-12-15(22)17(11-16(18)23)29-9-2-1-8-28-14-5-3-13(4-6-14)20(25,26)27/h3-7,11-12H,1-2,8-10H2. The summed E-state index contributed by atoms with van der Waals surface area (Å²) in [5.41, 5.74) is -0.720. The van der Waals surface area contributed by atoms with E-state index < -0.39 is 16.5 Å². The Morgan fingerprint density at radius 3 is 1.97 bits per heavy atom. The van der Waals surface area contributed by atoms with Crippen molar-refractivity contribution in [1.29, 1.82) is 0 Å². The normalized spacial score (nSPS) is 12.0. The second-order valence-corrected chi connectivity index (χ2v) is 7.52. The fourth-order valence-corrected chi connectivity index (χ4v) is 2.79. The van der Waals surface area contributed by atoms with Gasteiger partial charge in [-0.25, -0.2) is 0 Å². The van der Waals surface area contributed by atoms with E-state index >= 15 is 0 Å². The van der Waals surface area contributed by atoms with Gasteiger partial charge in [0.1, 0.15) is 23.9 Å². The first kappa shape index (κ1) is 24.6. The molecule has 0 saturated carbocycles.